The van der Waals surface area contributed by atoms with Crippen molar-refractivity contribution in [3.63, 3.8) is 0 Å². The summed E-state index contributed by atoms with van der Waals surface area (Å²) in [5.41, 5.74) is 2.04. The maximum Gasteiger partial charge on any atom is 0.338 e. The van der Waals surface area contributed by atoms with E-state index in [0.29, 0.717) is 22.7 Å². The Bertz CT molecular complexity index is 921. The molecule has 3 aromatic rings. The van der Waals surface area contributed by atoms with Crippen molar-refractivity contribution in [1.82, 2.24) is 0 Å². The normalized spacial score (nSPS) is 10.1. The highest BCUT2D eigenvalue weighted by Gasteiger charge is 2.11. The molecule has 3 aromatic carbocycles. The number of ether oxygens (including phenoxy) is 2. The predicted molar refractivity (Wildman–Crippen MR) is 103 cm³/mol. The van der Waals surface area contributed by atoms with Crippen LogP contribution in [0.1, 0.15) is 15.9 Å². The van der Waals surface area contributed by atoms with Gasteiger partial charge in [-0.3, -0.25) is 4.79 Å². The average molecular weight is 361 g/mol. The number of esters is 1. The SMILES string of the molecule is Cc1cccc(NC(=O)COC(=O)c2ccc(Oc3ccccc3)cc2)c1. The second-order valence-electron chi connectivity index (χ2n) is 5.93. The molecular formula is C22H19NO4. The molecule has 0 saturated heterocycles. The molecule has 0 heterocycles. The number of anilines is 1. The quantitative estimate of drug-likeness (QED) is 0.653. The summed E-state index contributed by atoms with van der Waals surface area (Å²) in [4.78, 5) is 24.0. The van der Waals surface area contributed by atoms with Gasteiger partial charge in [0.15, 0.2) is 6.61 Å². The largest absolute Gasteiger partial charge is 0.457 e. The molecular weight excluding hydrogens is 342 g/mol. The molecule has 0 spiro atoms. The number of carbonyl (C=O) groups excluding carboxylic acids is 2. The van der Waals surface area contributed by atoms with E-state index in [9.17, 15) is 9.59 Å². The summed E-state index contributed by atoms with van der Waals surface area (Å²) in [7, 11) is 0. The Morgan fingerprint density at radius 1 is 0.852 bits per heavy atom. The van der Waals surface area contributed by atoms with E-state index in [1.807, 2.05) is 55.5 Å². The van der Waals surface area contributed by atoms with Crippen molar-refractivity contribution in [2.45, 2.75) is 6.92 Å². The molecule has 0 aromatic heterocycles. The van der Waals surface area contributed by atoms with Gasteiger partial charge in [-0.05, 0) is 61.0 Å². The Morgan fingerprint density at radius 3 is 2.26 bits per heavy atom. The number of nitrogens with one attached hydrogen (secondary N) is 1. The summed E-state index contributed by atoms with van der Waals surface area (Å²) >= 11 is 0. The smallest absolute Gasteiger partial charge is 0.338 e. The average Bonchev–Trinajstić information content (AvgIpc) is 2.67. The lowest BCUT2D eigenvalue weighted by Gasteiger charge is -2.08. The van der Waals surface area contributed by atoms with Gasteiger partial charge >= 0.3 is 5.97 Å². The minimum Gasteiger partial charge on any atom is -0.457 e. The van der Waals surface area contributed by atoms with Crippen LogP contribution < -0.4 is 10.1 Å². The van der Waals surface area contributed by atoms with E-state index in [1.54, 1.807) is 30.3 Å². The molecule has 0 atom stereocenters. The zero-order valence-electron chi connectivity index (χ0n) is 14.8. The summed E-state index contributed by atoms with van der Waals surface area (Å²) < 4.78 is 10.7. The van der Waals surface area contributed by atoms with Crippen molar-refractivity contribution in [3.05, 3.63) is 90.0 Å². The number of hydrogen-bond donors (Lipinski definition) is 1. The first-order chi connectivity index (χ1) is 13.1. The molecule has 0 fully saturated rings. The zero-order chi connectivity index (χ0) is 19.1. The lowest BCUT2D eigenvalue weighted by atomic mass is 10.2. The maximum absolute atomic E-state index is 12.1. The molecule has 0 aliphatic rings. The van der Waals surface area contributed by atoms with Crippen LogP contribution in [0.4, 0.5) is 5.69 Å². The van der Waals surface area contributed by atoms with Crippen molar-refractivity contribution in [2.75, 3.05) is 11.9 Å². The molecule has 136 valence electrons. The molecule has 5 nitrogen and oxygen atoms in total. The van der Waals surface area contributed by atoms with E-state index in [2.05, 4.69) is 5.32 Å². The second kappa shape index (κ2) is 8.67. The van der Waals surface area contributed by atoms with Gasteiger partial charge in [0, 0.05) is 5.69 Å². The van der Waals surface area contributed by atoms with Gasteiger partial charge in [-0.25, -0.2) is 4.79 Å². The van der Waals surface area contributed by atoms with E-state index in [4.69, 9.17) is 9.47 Å². The Kier molecular flexibility index (Phi) is 5.84. The van der Waals surface area contributed by atoms with Crippen LogP contribution in [0.3, 0.4) is 0 Å². The fraction of sp³-hybridized carbons (Fsp3) is 0.0909. The monoisotopic (exact) mass is 361 g/mol. The van der Waals surface area contributed by atoms with Crippen LogP contribution in [0.2, 0.25) is 0 Å². The van der Waals surface area contributed by atoms with Crippen molar-refractivity contribution < 1.29 is 19.1 Å². The number of rotatable bonds is 6. The Labute approximate surface area is 157 Å². The first-order valence-electron chi connectivity index (χ1n) is 8.47. The number of aryl methyl sites for hydroxylation is 1. The van der Waals surface area contributed by atoms with Crippen molar-refractivity contribution >= 4 is 17.6 Å². The summed E-state index contributed by atoms with van der Waals surface area (Å²) in [5, 5.41) is 2.69. The van der Waals surface area contributed by atoms with Crippen molar-refractivity contribution in [2.24, 2.45) is 0 Å². The summed E-state index contributed by atoms with van der Waals surface area (Å²) in [5.74, 6) is 0.356. The standard InChI is InChI=1S/C22H19NO4/c1-16-6-5-7-18(14-16)23-21(24)15-26-22(25)17-10-12-20(13-11-17)27-19-8-3-2-4-9-19/h2-14H,15H2,1H3,(H,23,24). The fourth-order valence-corrected chi connectivity index (χ4v) is 2.42. The van der Waals surface area contributed by atoms with Gasteiger partial charge < -0.3 is 14.8 Å². The molecule has 1 amide bonds. The predicted octanol–water partition coefficient (Wildman–Crippen LogP) is 4.58. The van der Waals surface area contributed by atoms with E-state index < -0.39 is 11.9 Å². The number of hydrogen-bond acceptors (Lipinski definition) is 4. The number of amides is 1. The third kappa shape index (κ3) is 5.44. The first kappa shape index (κ1) is 18.2. The highest BCUT2D eigenvalue weighted by atomic mass is 16.5. The third-order valence-electron chi connectivity index (χ3n) is 3.71. The lowest BCUT2D eigenvalue weighted by Crippen LogP contribution is -2.20. The first-order valence-corrected chi connectivity index (χ1v) is 8.47. The van der Waals surface area contributed by atoms with Crippen molar-refractivity contribution in [1.29, 1.82) is 0 Å². The van der Waals surface area contributed by atoms with Crippen LogP contribution in [-0.4, -0.2) is 18.5 Å². The number of benzene rings is 3. The van der Waals surface area contributed by atoms with Crippen LogP contribution in [0.25, 0.3) is 0 Å². The molecule has 0 bridgehead atoms. The van der Waals surface area contributed by atoms with Crippen LogP contribution >= 0.6 is 0 Å². The van der Waals surface area contributed by atoms with E-state index in [-0.39, 0.29) is 6.61 Å². The molecule has 5 heteroatoms. The molecule has 0 saturated carbocycles. The van der Waals surface area contributed by atoms with E-state index in [0.717, 1.165) is 5.56 Å². The second-order valence-corrected chi connectivity index (χ2v) is 5.93. The fourth-order valence-electron chi connectivity index (χ4n) is 2.42. The summed E-state index contributed by atoms with van der Waals surface area (Å²) in [6.07, 6.45) is 0. The van der Waals surface area contributed by atoms with Gasteiger partial charge in [0.2, 0.25) is 0 Å². The lowest BCUT2D eigenvalue weighted by molar-refractivity contribution is -0.119. The topological polar surface area (TPSA) is 64.6 Å². The molecule has 27 heavy (non-hydrogen) atoms. The minimum atomic E-state index is -0.569. The Morgan fingerprint density at radius 2 is 1.56 bits per heavy atom. The molecule has 0 aliphatic carbocycles. The van der Waals surface area contributed by atoms with Gasteiger partial charge in [-0.2, -0.15) is 0 Å². The van der Waals surface area contributed by atoms with E-state index in [1.165, 1.54) is 0 Å². The van der Waals surface area contributed by atoms with Gasteiger partial charge in [-0.15, -0.1) is 0 Å². The highest BCUT2D eigenvalue weighted by Crippen LogP contribution is 2.21. The van der Waals surface area contributed by atoms with E-state index >= 15 is 0 Å². The third-order valence-corrected chi connectivity index (χ3v) is 3.71. The van der Waals surface area contributed by atoms with Crippen LogP contribution in [0, 0.1) is 6.92 Å². The van der Waals surface area contributed by atoms with Crippen molar-refractivity contribution in [3.8, 4) is 11.5 Å². The number of para-hydroxylation sites is 1. The van der Waals surface area contributed by atoms with Gasteiger partial charge in [-0.1, -0.05) is 30.3 Å². The zero-order valence-corrected chi connectivity index (χ0v) is 14.8. The Balaban J connectivity index is 1.51. The van der Waals surface area contributed by atoms with Crippen LogP contribution in [0.15, 0.2) is 78.9 Å². The maximum atomic E-state index is 12.1. The molecule has 0 unspecified atom stereocenters. The van der Waals surface area contributed by atoms with Crippen LogP contribution in [-0.2, 0) is 9.53 Å². The molecule has 3 rings (SSSR count). The van der Waals surface area contributed by atoms with Crippen LogP contribution in [0.5, 0.6) is 11.5 Å². The van der Waals surface area contributed by atoms with Gasteiger partial charge in [0.05, 0.1) is 5.56 Å². The summed E-state index contributed by atoms with van der Waals surface area (Å²) in [6.45, 7) is 1.58. The number of carbonyl (C=O) groups is 2. The summed E-state index contributed by atoms with van der Waals surface area (Å²) in [6, 6.07) is 23.3. The Hall–Kier alpha value is -3.60. The van der Waals surface area contributed by atoms with Gasteiger partial charge in [0.25, 0.3) is 5.91 Å². The van der Waals surface area contributed by atoms with Gasteiger partial charge in [0.1, 0.15) is 11.5 Å². The molecule has 0 radical (unpaired) electrons. The molecule has 0 aliphatic heterocycles. The minimum absolute atomic E-state index is 0.346. The highest BCUT2D eigenvalue weighted by molar-refractivity contribution is 5.95. The molecule has 1 N–H and O–H groups in total.